The van der Waals surface area contributed by atoms with E-state index >= 15 is 0 Å². The van der Waals surface area contributed by atoms with Gasteiger partial charge < -0.3 is 28.6 Å². The van der Waals surface area contributed by atoms with E-state index in [4.69, 9.17) is 23.7 Å². The Balaban J connectivity index is 2.64. The van der Waals surface area contributed by atoms with Crippen LogP contribution in [-0.2, 0) is 38.1 Å². The van der Waals surface area contributed by atoms with Crippen molar-refractivity contribution in [3.63, 3.8) is 0 Å². The molecule has 0 amide bonds. The maximum Gasteiger partial charge on any atom is 0.453 e. The van der Waals surface area contributed by atoms with Gasteiger partial charge in [0.25, 0.3) is 0 Å². The third-order valence-electron chi connectivity index (χ3n) is 11.6. The normalized spacial score (nSPS) is 14.7. The van der Waals surface area contributed by atoms with E-state index in [0.717, 1.165) is 77.4 Å². The van der Waals surface area contributed by atoms with E-state index in [1.165, 1.54) is 19.3 Å². The predicted octanol–water partition coefficient (Wildman–Crippen LogP) is 14.4. The number of halogens is 10. The van der Waals surface area contributed by atoms with Crippen molar-refractivity contribution < 1.29 is 82.0 Å². The molecular weight excluding hydrogens is 933 g/mol. The van der Waals surface area contributed by atoms with E-state index in [1.54, 1.807) is 0 Å². The molecule has 69 heavy (non-hydrogen) atoms. The average Bonchev–Trinajstić information content (AvgIpc) is 3.81. The van der Waals surface area contributed by atoms with Crippen molar-refractivity contribution in [1.29, 1.82) is 0 Å². The molecule has 0 bridgehead atoms. The molecule has 0 saturated carbocycles. The first-order valence-corrected chi connectivity index (χ1v) is 25.4. The molecule has 0 aliphatic carbocycles. The lowest BCUT2D eigenvalue weighted by Gasteiger charge is -2.20. The number of unbranched alkanes of at least 4 members (excludes halogenated alkanes) is 14. The highest BCUT2D eigenvalue weighted by Gasteiger charge is 2.57. The van der Waals surface area contributed by atoms with Crippen LogP contribution in [0.25, 0.3) is 0 Å². The van der Waals surface area contributed by atoms with Gasteiger partial charge in [0.15, 0.2) is 6.29 Å². The number of likely N-dealkylation sites (tertiary alicyclic amines) is 1. The lowest BCUT2D eigenvalue weighted by Crippen LogP contribution is -2.36. The summed E-state index contributed by atoms with van der Waals surface area (Å²) in [4.78, 5) is 40.4. The summed E-state index contributed by atoms with van der Waals surface area (Å²) < 4.78 is 155. The number of esters is 3. The second-order valence-electron chi connectivity index (χ2n) is 18.0. The largest absolute Gasteiger partial charge is 0.465 e. The Bertz CT molecular complexity index is 1350. The smallest absolute Gasteiger partial charge is 0.453 e. The molecule has 0 N–H and O–H groups in total. The third-order valence-corrected chi connectivity index (χ3v) is 11.6. The van der Waals surface area contributed by atoms with Crippen LogP contribution in [-0.4, -0.2) is 106 Å². The molecule has 1 aliphatic rings. The maximum atomic E-state index is 13.2. The first-order chi connectivity index (χ1) is 32.8. The Labute approximate surface area is 404 Å². The van der Waals surface area contributed by atoms with E-state index in [9.17, 15) is 58.3 Å². The zero-order valence-electron chi connectivity index (χ0n) is 40.9. The van der Waals surface area contributed by atoms with Crippen molar-refractivity contribution in [2.45, 2.75) is 217 Å². The van der Waals surface area contributed by atoms with Crippen molar-refractivity contribution in [1.82, 2.24) is 4.90 Å². The van der Waals surface area contributed by atoms with Gasteiger partial charge in [-0.25, -0.2) is 0 Å². The number of allylic oxidation sites excluding steroid dienone is 4. The van der Waals surface area contributed by atoms with E-state index in [2.05, 4.69) is 36.1 Å². The monoisotopic (exact) mass is 1010 g/mol. The first-order valence-electron chi connectivity index (χ1n) is 25.4. The number of hydrogen-bond acceptors (Lipinski definition) is 9. The van der Waals surface area contributed by atoms with Gasteiger partial charge in [-0.1, -0.05) is 89.0 Å². The second-order valence-corrected chi connectivity index (χ2v) is 18.0. The SMILES string of the molecule is CCCCC/C=C\C/C=C\CCCCCCCC(=O)OCC(COC(=O)CCCN1CCCC1)COC(=O)CCC(OCCCCCCC(F)(F)C(F)(F)F)OCCCCCCC(F)(F)C(F)(F)F. The molecule has 1 heterocycles. The van der Waals surface area contributed by atoms with Crippen LogP contribution in [0.4, 0.5) is 43.9 Å². The highest BCUT2D eigenvalue weighted by Crippen LogP contribution is 2.40. The molecule has 19 heteroatoms. The topological polar surface area (TPSA) is 101 Å². The number of alkyl halides is 10. The van der Waals surface area contributed by atoms with Gasteiger partial charge in [0.05, 0.1) is 12.3 Å². The van der Waals surface area contributed by atoms with Crippen LogP contribution >= 0.6 is 0 Å². The lowest BCUT2D eigenvalue weighted by atomic mass is 10.1. The molecule has 1 rings (SSSR count). The Morgan fingerprint density at radius 1 is 0.507 bits per heavy atom. The van der Waals surface area contributed by atoms with Crippen LogP contribution in [0.5, 0.6) is 0 Å². The summed E-state index contributed by atoms with van der Waals surface area (Å²) in [5.41, 5.74) is 0. The van der Waals surface area contributed by atoms with Gasteiger partial charge in [-0.3, -0.25) is 14.4 Å². The summed E-state index contributed by atoms with van der Waals surface area (Å²) in [6.45, 7) is 4.37. The standard InChI is InChI=1S/C50H81F10NO8/c1-2-3-4-5-6-7-8-9-10-11-12-13-14-15-20-28-43(62)67-39-42(40-68-44(63)29-27-36-61-34-23-24-35-61)41-69-45(64)30-31-46(65-37-25-18-16-21-32-47(51,52)49(55,56)57)66-38-26-19-17-22-33-48(53,54)50(58,59)60/h6-7,9-10,42,46H,2-5,8,11-41H2,1H3/b7-6-,10-9-. The number of nitrogens with zero attached hydrogens (tertiary/aromatic N) is 1. The fraction of sp³-hybridized carbons (Fsp3) is 0.860. The summed E-state index contributed by atoms with van der Waals surface area (Å²) in [5, 5.41) is 0. The van der Waals surface area contributed by atoms with Crippen LogP contribution in [0.2, 0.25) is 0 Å². The fourth-order valence-corrected chi connectivity index (χ4v) is 7.30. The van der Waals surface area contributed by atoms with Crippen LogP contribution in [0.3, 0.4) is 0 Å². The molecule has 9 nitrogen and oxygen atoms in total. The Morgan fingerprint density at radius 2 is 0.928 bits per heavy atom. The van der Waals surface area contributed by atoms with Gasteiger partial charge in [0, 0.05) is 45.3 Å². The van der Waals surface area contributed by atoms with Gasteiger partial charge in [0.1, 0.15) is 19.8 Å². The van der Waals surface area contributed by atoms with Crippen LogP contribution in [0.1, 0.15) is 187 Å². The highest BCUT2D eigenvalue weighted by atomic mass is 19.4. The second kappa shape index (κ2) is 37.8. The van der Waals surface area contributed by atoms with E-state index in [1.807, 2.05) is 0 Å². The molecular formula is C50H81F10NO8. The number of carbonyl (C=O) groups is 3. The average molecular weight is 1010 g/mol. The quantitative estimate of drug-likeness (QED) is 0.0148. The van der Waals surface area contributed by atoms with Crippen molar-refractivity contribution in [2.24, 2.45) is 5.92 Å². The molecule has 404 valence electrons. The van der Waals surface area contributed by atoms with E-state index < -0.39 is 67.2 Å². The molecule has 1 atom stereocenters. The Kier molecular flexibility index (Phi) is 35.1. The van der Waals surface area contributed by atoms with Gasteiger partial charge in [0.2, 0.25) is 0 Å². The molecule has 1 unspecified atom stereocenters. The fourth-order valence-electron chi connectivity index (χ4n) is 7.30. The van der Waals surface area contributed by atoms with Crippen molar-refractivity contribution in [3.8, 4) is 0 Å². The van der Waals surface area contributed by atoms with Crippen molar-refractivity contribution in [3.05, 3.63) is 24.3 Å². The molecule has 1 saturated heterocycles. The zero-order valence-corrected chi connectivity index (χ0v) is 40.9. The van der Waals surface area contributed by atoms with Crippen LogP contribution in [0, 0.1) is 5.92 Å². The van der Waals surface area contributed by atoms with Gasteiger partial charge in [-0.15, -0.1) is 0 Å². The lowest BCUT2D eigenvalue weighted by molar-refractivity contribution is -0.284. The molecule has 1 aliphatic heterocycles. The minimum Gasteiger partial charge on any atom is -0.465 e. The van der Waals surface area contributed by atoms with E-state index in [0.29, 0.717) is 12.8 Å². The minimum atomic E-state index is -5.63. The highest BCUT2D eigenvalue weighted by molar-refractivity contribution is 5.70. The van der Waals surface area contributed by atoms with Gasteiger partial charge in [-0.2, -0.15) is 43.9 Å². The number of ether oxygens (including phenoxy) is 5. The van der Waals surface area contributed by atoms with Crippen LogP contribution in [0.15, 0.2) is 24.3 Å². The number of rotatable bonds is 43. The molecule has 0 radical (unpaired) electrons. The third kappa shape index (κ3) is 34.1. The van der Waals surface area contributed by atoms with Gasteiger partial charge in [-0.05, 0) is 103 Å². The van der Waals surface area contributed by atoms with E-state index in [-0.39, 0.29) is 110 Å². The first kappa shape index (κ1) is 64.1. The Hall–Kier alpha value is -2.93. The van der Waals surface area contributed by atoms with Crippen molar-refractivity contribution in [2.75, 3.05) is 52.7 Å². The summed E-state index contributed by atoms with van der Waals surface area (Å²) in [7, 11) is 0. The number of carbonyl (C=O) groups excluding carboxylic acids is 3. The summed E-state index contributed by atoms with van der Waals surface area (Å²) in [6, 6.07) is 0. The predicted molar refractivity (Wildman–Crippen MR) is 244 cm³/mol. The molecule has 0 aromatic rings. The number of hydrogen-bond donors (Lipinski definition) is 0. The molecule has 0 aromatic carbocycles. The zero-order chi connectivity index (χ0) is 51.3. The molecule has 0 spiro atoms. The van der Waals surface area contributed by atoms with Crippen molar-refractivity contribution >= 4 is 17.9 Å². The minimum absolute atomic E-state index is 0.00604. The molecule has 1 fully saturated rings. The maximum absolute atomic E-state index is 13.2. The summed E-state index contributed by atoms with van der Waals surface area (Å²) in [5.74, 6) is -11.8. The van der Waals surface area contributed by atoms with Crippen LogP contribution < -0.4 is 0 Å². The van der Waals surface area contributed by atoms with Gasteiger partial charge >= 0.3 is 42.1 Å². The summed E-state index contributed by atoms with van der Waals surface area (Å²) >= 11 is 0. The molecule has 0 aromatic heterocycles. The Morgan fingerprint density at radius 3 is 1.42 bits per heavy atom. The summed E-state index contributed by atoms with van der Waals surface area (Å²) in [6.07, 6.45) is 8.69.